The fourth-order valence-corrected chi connectivity index (χ4v) is 2.08. The van der Waals surface area contributed by atoms with Crippen molar-refractivity contribution in [3.63, 3.8) is 0 Å². The van der Waals surface area contributed by atoms with Crippen molar-refractivity contribution in [3.8, 4) is 5.75 Å². The highest BCUT2D eigenvalue weighted by Crippen LogP contribution is 2.20. The third-order valence-corrected chi connectivity index (χ3v) is 3.14. The highest BCUT2D eigenvalue weighted by Gasteiger charge is 2.12. The Morgan fingerprint density at radius 1 is 1.40 bits per heavy atom. The van der Waals surface area contributed by atoms with Crippen molar-refractivity contribution >= 4 is 28.1 Å². The largest absolute Gasteiger partial charge is 0.507 e. The molecule has 6 heteroatoms. The van der Waals surface area contributed by atoms with Gasteiger partial charge in [-0.05, 0) is 38.1 Å². The van der Waals surface area contributed by atoms with Crippen molar-refractivity contribution < 1.29 is 14.3 Å². The van der Waals surface area contributed by atoms with Gasteiger partial charge in [-0.1, -0.05) is 15.9 Å². The van der Waals surface area contributed by atoms with E-state index in [0.717, 1.165) is 4.47 Å². The van der Waals surface area contributed by atoms with E-state index in [4.69, 9.17) is 4.42 Å². The minimum Gasteiger partial charge on any atom is -0.507 e. The number of carbonyl (C=O) groups excluding carboxylic acids is 1. The molecule has 0 saturated carbocycles. The van der Waals surface area contributed by atoms with E-state index >= 15 is 0 Å². The smallest absolute Gasteiger partial charge is 0.274 e. The fraction of sp³-hybridized carbons (Fsp3) is 0.143. The van der Waals surface area contributed by atoms with E-state index in [1.807, 2.05) is 0 Å². The first-order valence-electron chi connectivity index (χ1n) is 5.86. The maximum Gasteiger partial charge on any atom is 0.274 e. The van der Waals surface area contributed by atoms with E-state index in [1.54, 1.807) is 32.0 Å². The van der Waals surface area contributed by atoms with Gasteiger partial charge in [0.25, 0.3) is 5.91 Å². The summed E-state index contributed by atoms with van der Waals surface area (Å²) in [5.41, 5.74) is 3.33. The topological polar surface area (TPSA) is 74.8 Å². The second-order valence-corrected chi connectivity index (χ2v) is 5.14. The molecule has 2 aromatic rings. The molecule has 0 aliphatic rings. The van der Waals surface area contributed by atoms with Gasteiger partial charge in [-0.3, -0.25) is 4.79 Å². The lowest BCUT2D eigenvalue weighted by molar-refractivity contribution is 0.0953. The summed E-state index contributed by atoms with van der Waals surface area (Å²) in [5.74, 6) is 0.938. The Kier molecular flexibility index (Phi) is 4.24. The van der Waals surface area contributed by atoms with Crippen LogP contribution in [0.15, 0.2) is 38.3 Å². The predicted molar refractivity (Wildman–Crippen MR) is 79.0 cm³/mol. The molecule has 1 aromatic carbocycles. The molecule has 0 bridgehead atoms. The third-order valence-electron chi connectivity index (χ3n) is 2.64. The van der Waals surface area contributed by atoms with Gasteiger partial charge < -0.3 is 9.52 Å². The minimum absolute atomic E-state index is 0.0848. The van der Waals surface area contributed by atoms with Crippen LogP contribution in [0.25, 0.3) is 0 Å². The molecule has 1 heterocycles. The Hall–Kier alpha value is -2.08. The molecule has 0 aliphatic heterocycles. The van der Waals surface area contributed by atoms with Gasteiger partial charge in [0.1, 0.15) is 17.3 Å². The molecular weight excluding hydrogens is 324 g/mol. The number of aryl methyl sites for hydroxylation is 2. The van der Waals surface area contributed by atoms with Crippen LogP contribution in [-0.4, -0.2) is 17.2 Å². The van der Waals surface area contributed by atoms with Crippen molar-refractivity contribution in [2.24, 2.45) is 5.10 Å². The molecule has 0 radical (unpaired) electrons. The van der Waals surface area contributed by atoms with E-state index < -0.39 is 0 Å². The average Bonchev–Trinajstić information content (AvgIpc) is 2.72. The molecule has 1 amide bonds. The van der Waals surface area contributed by atoms with Crippen molar-refractivity contribution in [1.29, 1.82) is 0 Å². The molecule has 5 nitrogen and oxygen atoms in total. The molecule has 0 fully saturated rings. The molecule has 1 aromatic heterocycles. The van der Waals surface area contributed by atoms with E-state index in [0.29, 0.717) is 22.6 Å². The lowest BCUT2D eigenvalue weighted by atomic mass is 10.2. The zero-order chi connectivity index (χ0) is 14.7. The number of phenols is 1. The van der Waals surface area contributed by atoms with Crippen LogP contribution in [0.2, 0.25) is 0 Å². The van der Waals surface area contributed by atoms with Crippen molar-refractivity contribution in [1.82, 2.24) is 5.43 Å². The van der Waals surface area contributed by atoms with Crippen LogP contribution < -0.4 is 5.43 Å². The second kappa shape index (κ2) is 5.92. The van der Waals surface area contributed by atoms with Crippen molar-refractivity contribution in [3.05, 3.63) is 51.4 Å². The predicted octanol–water partition coefficient (Wildman–Crippen LogP) is 3.13. The molecule has 20 heavy (non-hydrogen) atoms. The second-order valence-electron chi connectivity index (χ2n) is 4.23. The number of benzene rings is 1. The number of hydrogen-bond donors (Lipinski definition) is 2. The SMILES string of the molecule is Cc1cc(C(=O)NN=Cc2cc(Br)ccc2O)c(C)o1. The lowest BCUT2D eigenvalue weighted by Crippen LogP contribution is -2.17. The molecular formula is C14H13BrN2O3. The maximum atomic E-state index is 11.9. The number of carbonyl (C=O) groups is 1. The zero-order valence-electron chi connectivity index (χ0n) is 11.0. The van der Waals surface area contributed by atoms with Crippen LogP contribution in [0.5, 0.6) is 5.75 Å². The van der Waals surface area contributed by atoms with Gasteiger partial charge in [-0.25, -0.2) is 5.43 Å². The van der Waals surface area contributed by atoms with Gasteiger partial charge in [0.15, 0.2) is 0 Å². The summed E-state index contributed by atoms with van der Waals surface area (Å²) in [4.78, 5) is 11.9. The molecule has 0 atom stereocenters. The van der Waals surface area contributed by atoms with Gasteiger partial charge in [-0.15, -0.1) is 0 Å². The maximum absolute atomic E-state index is 11.9. The number of amides is 1. The quantitative estimate of drug-likeness (QED) is 0.667. The zero-order valence-corrected chi connectivity index (χ0v) is 12.6. The summed E-state index contributed by atoms with van der Waals surface area (Å²) in [6, 6.07) is 6.59. The normalized spacial score (nSPS) is 10.9. The lowest BCUT2D eigenvalue weighted by Gasteiger charge is -2.00. The number of nitrogens with one attached hydrogen (secondary N) is 1. The van der Waals surface area contributed by atoms with E-state index in [2.05, 4.69) is 26.5 Å². The molecule has 2 rings (SSSR count). The summed E-state index contributed by atoms with van der Waals surface area (Å²) >= 11 is 3.29. The number of halogens is 1. The summed E-state index contributed by atoms with van der Waals surface area (Å²) in [7, 11) is 0. The fourth-order valence-electron chi connectivity index (χ4n) is 1.71. The number of hydrogen-bond acceptors (Lipinski definition) is 4. The van der Waals surface area contributed by atoms with Crippen molar-refractivity contribution in [2.75, 3.05) is 0 Å². The standard InChI is InChI=1S/C14H13BrN2O3/c1-8-5-12(9(2)20-8)14(19)17-16-7-10-6-11(15)3-4-13(10)18/h3-7,18H,1-2H3,(H,17,19). The van der Waals surface area contributed by atoms with E-state index in [9.17, 15) is 9.90 Å². The highest BCUT2D eigenvalue weighted by atomic mass is 79.9. The first-order chi connectivity index (χ1) is 9.47. The summed E-state index contributed by atoms with van der Waals surface area (Å²) in [6.45, 7) is 3.48. The van der Waals surface area contributed by atoms with Crippen LogP contribution >= 0.6 is 15.9 Å². The Balaban J connectivity index is 2.08. The number of hydrazone groups is 1. The first kappa shape index (κ1) is 14.3. The molecule has 0 spiro atoms. The van der Waals surface area contributed by atoms with Crippen LogP contribution in [-0.2, 0) is 0 Å². The van der Waals surface area contributed by atoms with E-state index in [-0.39, 0.29) is 11.7 Å². The number of phenolic OH excluding ortho intramolecular Hbond substituents is 1. The molecule has 0 unspecified atom stereocenters. The van der Waals surface area contributed by atoms with Crippen LogP contribution in [0.4, 0.5) is 0 Å². The third kappa shape index (κ3) is 3.27. The molecule has 0 saturated heterocycles. The minimum atomic E-state index is -0.356. The Morgan fingerprint density at radius 2 is 2.15 bits per heavy atom. The highest BCUT2D eigenvalue weighted by molar-refractivity contribution is 9.10. The monoisotopic (exact) mass is 336 g/mol. The Bertz CT molecular complexity index is 677. The first-order valence-corrected chi connectivity index (χ1v) is 6.65. The van der Waals surface area contributed by atoms with Gasteiger partial charge in [0.05, 0.1) is 11.8 Å². The summed E-state index contributed by atoms with van der Waals surface area (Å²) in [5, 5.41) is 13.4. The Labute approximate surface area is 124 Å². The van der Waals surface area contributed by atoms with Gasteiger partial charge >= 0.3 is 0 Å². The molecule has 104 valence electrons. The number of furan rings is 1. The van der Waals surface area contributed by atoms with Crippen LogP contribution in [0.3, 0.4) is 0 Å². The number of rotatable bonds is 3. The Morgan fingerprint density at radius 3 is 2.80 bits per heavy atom. The van der Waals surface area contributed by atoms with Crippen LogP contribution in [0, 0.1) is 13.8 Å². The van der Waals surface area contributed by atoms with Crippen molar-refractivity contribution in [2.45, 2.75) is 13.8 Å². The van der Waals surface area contributed by atoms with Gasteiger partial charge in [0, 0.05) is 10.0 Å². The van der Waals surface area contributed by atoms with Gasteiger partial charge in [0.2, 0.25) is 0 Å². The van der Waals surface area contributed by atoms with Crippen LogP contribution in [0.1, 0.15) is 27.4 Å². The average molecular weight is 337 g/mol. The van der Waals surface area contributed by atoms with Gasteiger partial charge in [-0.2, -0.15) is 5.10 Å². The summed E-state index contributed by atoms with van der Waals surface area (Å²) < 4.78 is 6.09. The van der Waals surface area contributed by atoms with E-state index in [1.165, 1.54) is 12.3 Å². The number of aromatic hydroxyl groups is 1. The molecule has 2 N–H and O–H groups in total. The molecule has 0 aliphatic carbocycles. The number of nitrogens with zero attached hydrogens (tertiary/aromatic N) is 1. The summed E-state index contributed by atoms with van der Waals surface area (Å²) in [6.07, 6.45) is 1.38.